The van der Waals surface area contributed by atoms with E-state index in [1.807, 2.05) is 4.90 Å². The third kappa shape index (κ3) is 2.78. The smallest absolute Gasteiger partial charge is 0.187 e. The van der Waals surface area contributed by atoms with Gasteiger partial charge in [-0.2, -0.15) is 0 Å². The molecule has 2 aliphatic rings. The van der Waals surface area contributed by atoms with Crippen molar-refractivity contribution in [1.82, 2.24) is 4.90 Å². The number of morpholine rings is 1. The van der Waals surface area contributed by atoms with Gasteiger partial charge in [0.05, 0.1) is 12.2 Å². The van der Waals surface area contributed by atoms with Crippen LogP contribution in [0.4, 0.5) is 4.39 Å². The van der Waals surface area contributed by atoms with Crippen molar-refractivity contribution < 1.29 is 18.7 Å². The summed E-state index contributed by atoms with van der Waals surface area (Å²) in [6, 6.07) is 3.68. The normalized spacial score (nSPS) is 25.5. The predicted octanol–water partition coefficient (Wildman–Crippen LogP) is 1.49. The second-order valence-corrected chi connectivity index (χ2v) is 5.08. The number of ether oxygens (including phenoxy) is 2. The zero-order valence-corrected chi connectivity index (χ0v) is 11.8. The summed E-state index contributed by atoms with van der Waals surface area (Å²) < 4.78 is 24.3. The van der Waals surface area contributed by atoms with Crippen molar-refractivity contribution in [3.05, 3.63) is 29.6 Å². The highest BCUT2D eigenvalue weighted by molar-refractivity contribution is 6.03. The zero-order valence-electron chi connectivity index (χ0n) is 11.8. The molecule has 110 valence electrons. The summed E-state index contributed by atoms with van der Waals surface area (Å²) in [5.74, 6) is 5.72. The van der Waals surface area contributed by atoms with Crippen LogP contribution in [0.25, 0.3) is 0 Å². The molecule has 0 spiro atoms. The van der Waals surface area contributed by atoms with Crippen LogP contribution in [-0.2, 0) is 4.74 Å². The van der Waals surface area contributed by atoms with Gasteiger partial charge in [0, 0.05) is 19.2 Å². The highest BCUT2D eigenvalue weighted by atomic mass is 19.1. The SMILES string of the molecule is CC#CC1CN(C2COc3cc(F)ccc3C2=O)CCO1. The Labute approximate surface area is 122 Å². The Morgan fingerprint density at radius 3 is 3.10 bits per heavy atom. The summed E-state index contributed by atoms with van der Waals surface area (Å²) >= 11 is 0. The zero-order chi connectivity index (χ0) is 14.8. The van der Waals surface area contributed by atoms with E-state index in [9.17, 15) is 9.18 Å². The van der Waals surface area contributed by atoms with Crippen molar-refractivity contribution in [2.45, 2.75) is 19.1 Å². The maximum Gasteiger partial charge on any atom is 0.187 e. The second-order valence-electron chi connectivity index (χ2n) is 5.08. The number of benzene rings is 1. The lowest BCUT2D eigenvalue weighted by Gasteiger charge is -2.37. The molecule has 0 amide bonds. The molecule has 5 heteroatoms. The molecule has 1 fully saturated rings. The Balaban J connectivity index is 1.79. The number of hydrogen-bond acceptors (Lipinski definition) is 4. The van der Waals surface area contributed by atoms with Crippen LogP contribution in [0.3, 0.4) is 0 Å². The van der Waals surface area contributed by atoms with Gasteiger partial charge in [0.1, 0.15) is 30.3 Å². The molecule has 2 unspecified atom stereocenters. The summed E-state index contributed by atoms with van der Waals surface area (Å²) in [5, 5.41) is 0. The number of rotatable bonds is 1. The van der Waals surface area contributed by atoms with Crippen molar-refractivity contribution in [2.75, 3.05) is 26.3 Å². The molecular weight excluding hydrogens is 273 g/mol. The Hall–Kier alpha value is -1.90. The summed E-state index contributed by atoms with van der Waals surface area (Å²) in [5.41, 5.74) is 0.442. The molecule has 2 aliphatic heterocycles. The first-order valence-electron chi connectivity index (χ1n) is 6.93. The lowest BCUT2D eigenvalue weighted by molar-refractivity contribution is -0.0210. The van der Waals surface area contributed by atoms with Gasteiger partial charge >= 0.3 is 0 Å². The number of ketones is 1. The fourth-order valence-corrected chi connectivity index (χ4v) is 2.71. The number of Topliss-reactive ketones (excluding diaryl/α,β-unsaturated/α-hetero) is 1. The van der Waals surface area contributed by atoms with Crippen LogP contribution in [0.15, 0.2) is 18.2 Å². The number of carbonyl (C=O) groups excluding carboxylic acids is 1. The molecule has 0 bridgehead atoms. The van der Waals surface area contributed by atoms with Gasteiger partial charge < -0.3 is 9.47 Å². The largest absolute Gasteiger partial charge is 0.491 e. The van der Waals surface area contributed by atoms with Gasteiger partial charge in [-0.15, -0.1) is 5.92 Å². The van der Waals surface area contributed by atoms with Crippen molar-refractivity contribution in [3.63, 3.8) is 0 Å². The Kier molecular flexibility index (Phi) is 3.91. The van der Waals surface area contributed by atoms with Gasteiger partial charge in [-0.25, -0.2) is 4.39 Å². The minimum Gasteiger partial charge on any atom is -0.491 e. The molecule has 21 heavy (non-hydrogen) atoms. The number of carbonyl (C=O) groups is 1. The lowest BCUT2D eigenvalue weighted by atomic mass is 9.99. The highest BCUT2D eigenvalue weighted by Crippen LogP contribution is 2.28. The molecule has 0 radical (unpaired) electrons. The molecule has 0 aromatic heterocycles. The van der Waals surface area contributed by atoms with E-state index >= 15 is 0 Å². The fraction of sp³-hybridized carbons (Fsp3) is 0.438. The third-order valence-corrected chi connectivity index (χ3v) is 3.75. The fourth-order valence-electron chi connectivity index (χ4n) is 2.71. The van der Waals surface area contributed by atoms with E-state index in [2.05, 4.69) is 11.8 Å². The summed E-state index contributed by atoms with van der Waals surface area (Å²) in [4.78, 5) is 14.6. The first-order valence-corrected chi connectivity index (χ1v) is 6.93. The van der Waals surface area contributed by atoms with Gasteiger partial charge in [-0.3, -0.25) is 9.69 Å². The quantitative estimate of drug-likeness (QED) is 0.734. The average Bonchev–Trinajstić information content (AvgIpc) is 2.48. The Morgan fingerprint density at radius 1 is 1.43 bits per heavy atom. The molecule has 4 nitrogen and oxygen atoms in total. The van der Waals surface area contributed by atoms with Crippen LogP contribution >= 0.6 is 0 Å². The maximum atomic E-state index is 13.2. The Bertz CT molecular complexity index is 620. The third-order valence-electron chi connectivity index (χ3n) is 3.75. The molecule has 1 aromatic rings. The topological polar surface area (TPSA) is 38.8 Å². The van der Waals surface area contributed by atoms with E-state index in [0.29, 0.717) is 31.0 Å². The molecular formula is C16H16FNO3. The van der Waals surface area contributed by atoms with Crippen LogP contribution in [0.2, 0.25) is 0 Å². The summed E-state index contributed by atoms with van der Waals surface area (Å²) in [7, 11) is 0. The average molecular weight is 289 g/mol. The first kappa shape index (κ1) is 14.1. The number of halogens is 1. The predicted molar refractivity (Wildman–Crippen MR) is 74.8 cm³/mol. The van der Waals surface area contributed by atoms with Crippen LogP contribution in [0.1, 0.15) is 17.3 Å². The van der Waals surface area contributed by atoms with Gasteiger partial charge in [0.2, 0.25) is 0 Å². The number of nitrogens with zero attached hydrogens (tertiary/aromatic N) is 1. The lowest BCUT2D eigenvalue weighted by Crippen LogP contribution is -2.54. The van der Waals surface area contributed by atoms with E-state index in [1.54, 1.807) is 6.92 Å². The molecule has 1 saturated heterocycles. The second kappa shape index (κ2) is 5.84. The van der Waals surface area contributed by atoms with E-state index in [4.69, 9.17) is 9.47 Å². The van der Waals surface area contributed by atoms with Crippen LogP contribution in [-0.4, -0.2) is 49.1 Å². The van der Waals surface area contributed by atoms with Gasteiger partial charge in [0.15, 0.2) is 5.78 Å². The highest BCUT2D eigenvalue weighted by Gasteiger charge is 2.35. The molecule has 3 rings (SSSR count). The molecule has 2 atom stereocenters. The number of fused-ring (bicyclic) bond motifs is 1. The minimum absolute atomic E-state index is 0.0265. The minimum atomic E-state index is -0.398. The van der Waals surface area contributed by atoms with Crippen molar-refractivity contribution in [1.29, 1.82) is 0 Å². The van der Waals surface area contributed by atoms with E-state index < -0.39 is 5.82 Å². The molecule has 0 aliphatic carbocycles. The summed E-state index contributed by atoms with van der Waals surface area (Å²) in [6.07, 6.45) is -0.175. The van der Waals surface area contributed by atoms with Crippen LogP contribution < -0.4 is 4.74 Å². The van der Waals surface area contributed by atoms with Crippen molar-refractivity contribution in [2.24, 2.45) is 0 Å². The van der Waals surface area contributed by atoms with E-state index in [-0.39, 0.29) is 24.5 Å². The molecule has 2 heterocycles. The maximum absolute atomic E-state index is 13.2. The van der Waals surface area contributed by atoms with Gasteiger partial charge in [0.25, 0.3) is 0 Å². The number of hydrogen-bond donors (Lipinski definition) is 0. The molecule has 1 aromatic carbocycles. The van der Waals surface area contributed by atoms with E-state index in [1.165, 1.54) is 18.2 Å². The molecule has 0 N–H and O–H groups in total. The molecule has 0 saturated carbocycles. The summed E-state index contributed by atoms with van der Waals surface area (Å²) in [6.45, 7) is 3.79. The van der Waals surface area contributed by atoms with Crippen LogP contribution in [0.5, 0.6) is 5.75 Å². The van der Waals surface area contributed by atoms with Gasteiger partial charge in [-0.1, -0.05) is 5.92 Å². The van der Waals surface area contributed by atoms with Gasteiger partial charge in [-0.05, 0) is 19.1 Å². The van der Waals surface area contributed by atoms with E-state index in [0.717, 1.165) is 0 Å². The standard InChI is InChI=1S/C16H16FNO3/c1-2-3-12-9-18(6-7-20-12)14-10-21-15-8-11(17)4-5-13(15)16(14)19/h4-5,8,12,14H,6-7,9-10H2,1H3. The van der Waals surface area contributed by atoms with Crippen molar-refractivity contribution >= 4 is 5.78 Å². The first-order chi connectivity index (χ1) is 10.2. The Morgan fingerprint density at radius 2 is 2.29 bits per heavy atom. The van der Waals surface area contributed by atoms with Crippen LogP contribution in [0, 0.1) is 17.7 Å². The van der Waals surface area contributed by atoms with Crippen molar-refractivity contribution in [3.8, 4) is 17.6 Å². The monoisotopic (exact) mass is 289 g/mol.